The minimum Gasteiger partial charge on any atom is -0.0654 e. The van der Waals surface area contributed by atoms with Crippen LogP contribution in [0.4, 0.5) is 0 Å². The summed E-state index contributed by atoms with van der Waals surface area (Å²) in [6.07, 6.45) is 70.1. The number of aromatic nitrogens is 2. The van der Waals surface area contributed by atoms with E-state index in [1.165, 1.54) is 368 Å². The van der Waals surface area contributed by atoms with Gasteiger partial charge in [-0.1, -0.05) is 105 Å². The Labute approximate surface area is 586 Å². The van der Waals surface area contributed by atoms with Crippen molar-refractivity contribution in [2.45, 2.75) is 408 Å². The van der Waals surface area contributed by atoms with Crippen molar-refractivity contribution in [1.29, 1.82) is 5.41 Å². The Bertz CT molecular complexity index is 2580. The maximum atomic E-state index is 10.8. The number of hydrogen-bond donors (Lipinski definition) is 1. The Kier molecular flexibility index (Phi) is 38.3. The van der Waals surface area contributed by atoms with Gasteiger partial charge in [0.15, 0.2) is 0 Å². The minimum absolute atomic E-state index is 0.0735. The number of nitrogens with one attached hydrogen (secondary N) is 1. The van der Waals surface area contributed by atoms with Crippen LogP contribution in [-0.4, -0.2) is 87.3 Å². The predicted molar refractivity (Wildman–Crippen MR) is 414 cm³/mol. The second kappa shape index (κ2) is 43.8. The summed E-state index contributed by atoms with van der Waals surface area (Å²) >= 11 is -2.73. The molecule has 0 amide bonds. The quantitative estimate of drug-likeness (QED) is 0.0348. The first-order valence-corrected chi connectivity index (χ1v) is 60.0. The van der Waals surface area contributed by atoms with Crippen LogP contribution < -0.4 is 3.58 Å². The first-order valence-electron chi connectivity index (χ1n) is 40.2. The molecule has 0 spiro atoms. The van der Waals surface area contributed by atoms with Crippen molar-refractivity contribution in [2.75, 3.05) is 0 Å². The van der Waals surface area contributed by atoms with Crippen molar-refractivity contribution in [3.63, 3.8) is 0 Å². The Morgan fingerprint density at radius 1 is 0.407 bits per heavy atom. The van der Waals surface area contributed by atoms with Crippen LogP contribution in [0.3, 0.4) is 0 Å². The van der Waals surface area contributed by atoms with Gasteiger partial charge in [0.1, 0.15) is 0 Å². The van der Waals surface area contributed by atoms with E-state index in [0.29, 0.717) is 0 Å². The fourth-order valence-electron chi connectivity index (χ4n) is 17.4. The van der Waals surface area contributed by atoms with E-state index < -0.39 is 36.8 Å². The molecule has 4 nitrogen and oxygen atoms in total. The molecule has 0 bridgehead atoms. The van der Waals surface area contributed by atoms with Gasteiger partial charge in [-0.3, -0.25) is 0 Å². The van der Waals surface area contributed by atoms with Crippen LogP contribution in [-0.2, 0) is 10.8 Å². The SMILES string of the molecule is CCCCCCCCCCCCC1(CCCCCCCCCCCC)C2=C(/C(=N/[Se])C(=N)[C]([Sn]([CH2]CCC)([CH2]CCC)[CH2]CCC)=C2)c2cc3c(cc21)-c1c(c[c]([Sn]([CH3])([CH3])[CH3])c2n[se]nc12)C3(CCCCCCCCCCCC)CCCCCCCCCCCC. The molecule has 3 aliphatic carbocycles. The van der Waals surface area contributed by atoms with Gasteiger partial charge in [0, 0.05) is 0 Å². The molecule has 0 saturated carbocycles. The third-order valence-corrected chi connectivity index (χ3v) is 45.7. The smallest absolute Gasteiger partial charge is 0.0654 e. The number of rotatable bonds is 55. The zero-order valence-corrected chi connectivity index (χ0v) is 70.6. The van der Waals surface area contributed by atoms with E-state index in [0.717, 1.165) is 11.4 Å². The molecule has 3 aliphatic rings. The second-order valence-corrected chi connectivity index (χ2v) is 60.1. The number of unbranched alkanes of at least 4 members (excludes halogenated alkanes) is 39. The third kappa shape index (κ3) is 22.5. The van der Waals surface area contributed by atoms with E-state index in [-0.39, 0.29) is 25.8 Å². The van der Waals surface area contributed by atoms with Crippen LogP contribution in [0.5, 0.6) is 0 Å². The Morgan fingerprint density at radius 2 is 0.736 bits per heavy atom. The van der Waals surface area contributed by atoms with Gasteiger partial charge >= 0.3 is 487 Å². The first-order chi connectivity index (χ1) is 44.4. The molecule has 0 atom stereocenters. The average molecular weight is 1590 g/mol. The van der Waals surface area contributed by atoms with Crippen molar-refractivity contribution in [2.24, 2.45) is 4.01 Å². The molecule has 0 aliphatic heterocycles. The zero-order chi connectivity index (χ0) is 65.2. The second-order valence-electron chi connectivity index (χ2n) is 31.1. The van der Waals surface area contributed by atoms with Crippen molar-refractivity contribution >= 4 is 99.6 Å². The van der Waals surface area contributed by atoms with Crippen LogP contribution in [0.2, 0.25) is 28.1 Å². The molecule has 1 aromatic heterocycles. The van der Waals surface area contributed by atoms with Gasteiger partial charge in [0.05, 0.1) is 0 Å². The summed E-state index contributed by atoms with van der Waals surface area (Å²) in [5.41, 5.74) is 16.6. The molecule has 513 valence electrons. The summed E-state index contributed by atoms with van der Waals surface area (Å²) in [6, 6.07) is 8.60. The summed E-state index contributed by atoms with van der Waals surface area (Å²) in [5, 5.41) is 10.8. The monoisotopic (exact) mass is 1590 g/mol. The summed E-state index contributed by atoms with van der Waals surface area (Å²) in [6.45, 7) is 16.7. The minimum atomic E-state index is -3.22. The van der Waals surface area contributed by atoms with E-state index in [1.54, 1.807) is 29.4 Å². The molecule has 3 aromatic rings. The summed E-state index contributed by atoms with van der Waals surface area (Å²) in [5.74, 6) is 0. The number of fused-ring (bicyclic) bond motifs is 7. The van der Waals surface area contributed by atoms with Crippen molar-refractivity contribution < 1.29 is 0 Å². The normalized spacial score (nSPS) is 15.6. The molecule has 0 unspecified atom stereocenters. The van der Waals surface area contributed by atoms with Crippen LogP contribution in [0.15, 0.2) is 37.4 Å². The molecule has 2 aromatic carbocycles. The molecule has 91 heavy (non-hydrogen) atoms. The van der Waals surface area contributed by atoms with E-state index in [2.05, 4.69) is 104 Å². The van der Waals surface area contributed by atoms with Gasteiger partial charge in [-0.05, 0) is 0 Å². The van der Waals surface area contributed by atoms with Crippen LogP contribution >= 0.6 is 0 Å². The van der Waals surface area contributed by atoms with Crippen LogP contribution in [0, 0.1) is 5.41 Å². The maximum absolute atomic E-state index is 10.8. The fraction of sp³-hybridized carbons (Fsp3) is 0.783. The molecule has 6 rings (SSSR count). The van der Waals surface area contributed by atoms with Crippen LogP contribution in [0.1, 0.15) is 392 Å². The zero-order valence-electron chi connectivity index (χ0n) is 61.4. The van der Waals surface area contributed by atoms with Gasteiger partial charge in [-0.2, -0.15) is 0 Å². The first kappa shape index (κ1) is 79.5. The molecule has 1 radical (unpaired) electrons. The summed E-state index contributed by atoms with van der Waals surface area (Å²) in [4.78, 5) is 7.95. The summed E-state index contributed by atoms with van der Waals surface area (Å²) in [7, 11) is 0. The van der Waals surface area contributed by atoms with Gasteiger partial charge in [0.2, 0.25) is 0 Å². The molecule has 1 N–H and O–H groups in total. The molecule has 0 fully saturated rings. The van der Waals surface area contributed by atoms with Gasteiger partial charge in [-0.25, -0.2) is 0 Å². The van der Waals surface area contributed by atoms with Gasteiger partial charge in [0.25, 0.3) is 0 Å². The number of nitrogens with zero attached hydrogens (tertiary/aromatic N) is 3. The van der Waals surface area contributed by atoms with E-state index in [9.17, 15) is 5.41 Å². The fourth-order valence-corrected chi connectivity index (χ4v) is 40.1. The topological polar surface area (TPSA) is 62.0 Å². The Balaban J connectivity index is 1.58. The third-order valence-electron chi connectivity index (χ3n) is 22.9. The van der Waals surface area contributed by atoms with E-state index in [4.69, 9.17) is 12.0 Å². The number of hydrogen-bond acceptors (Lipinski definition) is 4. The molecular weight excluding hydrogens is 1450 g/mol. The van der Waals surface area contributed by atoms with Crippen LogP contribution in [0.25, 0.3) is 27.7 Å². The van der Waals surface area contributed by atoms with Gasteiger partial charge < -0.3 is 0 Å². The number of benzene rings is 2. The Hall–Kier alpha value is -0.504. The molecule has 1 heterocycles. The standard InChI is InChI=1S/C68H105N4Se2.3C4H9.3CH3.2Sn/c1-5-9-13-17-21-25-29-33-37-41-49-67(50-42-38-34-30-26-22-18-14-10-6-2)57-45-47-61(69)65(70-73)63(57)55-53-60-56(54-59(55)67)64-58(46-48-62-66(64)72-74-71-62)68(60,51-43-39-35-31-27-23-19-15-11-7-3)52-44-40-36-32-28-24-20-16-12-8-4;3*1-3-4-2;;;;;/h45-46,53-54,69H,5-44,49-52H2,1-4H3;3*1,3-4H2,2H3;3*1H3;;/b69-61?,70-65+;;;;;;;;. The summed E-state index contributed by atoms with van der Waals surface area (Å²) < 4.78 is 23.9. The predicted octanol–water partition coefficient (Wildman–Crippen LogP) is 26.6. The van der Waals surface area contributed by atoms with Crippen molar-refractivity contribution in [3.8, 4) is 11.1 Å². The van der Waals surface area contributed by atoms with E-state index in [1.807, 2.05) is 0 Å². The van der Waals surface area contributed by atoms with E-state index >= 15 is 0 Å². The van der Waals surface area contributed by atoms with Crippen molar-refractivity contribution in [1.82, 2.24) is 7.96 Å². The molecule has 0 saturated heterocycles. The Morgan fingerprint density at radius 3 is 1.10 bits per heavy atom. The average Bonchev–Trinajstić information content (AvgIpc) is 1.53. The number of allylic oxidation sites excluding steroid dienone is 4. The molecule has 8 heteroatoms. The van der Waals surface area contributed by atoms with Crippen molar-refractivity contribution in [3.05, 3.63) is 55.7 Å². The van der Waals surface area contributed by atoms with Gasteiger partial charge in [-0.15, -0.1) is 0 Å². The molecular formula is C83H141N4Se2Sn2.